The van der Waals surface area contributed by atoms with Crippen LogP contribution in [0.5, 0.6) is 0 Å². The van der Waals surface area contributed by atoms with Crippen molar-refractivity contribution in [3.63, 3.8) is 0 Å². The number of rotatable bonds is 7. The van der Waals surface area contributed by atoms with Crippen LogP contribution in [0.25, 0.3) is 0 Å². The zero-order valence-corrected chi connectivity index (χ0v) is 17.5. The van der Waals surface area contributed by atoms with Gasteiger partial charge in [0.15, 0.2) is 12.4 Å². The highest BCUT2D eigenvalue weighted by Gasteiger charge is 2.23. The van der Waals surface area contributed by atoms with Crippen molar-refractivity contribution in [2.24, 2.45) is 5.92 Å². The summed E-state index contributed by atoms with van der Waals surface area (Å²) in [5.41, 5.74) is 3.11. The molecule has 1 saturated carbocycles. The second kappa shape index (κ2) is 10.4. The molecule has 3 amide bonds. The number of aryl methyl sites for hydroxylation is 2. The lowest BCUT2D eigenvalue weighted by Crippen LogP contribution is -2.48. The Kier molecular flexibility index (Phi) is 7.60. The van der Waals surface area contributed by atoms with E-state index in [1.165, 1.54) is 11.1 Å². The van der Waals surface area contributed by atoms with E-state index >= 15 is 0 Å². The number of urea groups is 1. The smallest absolute Gasteiger partial charge is 0.321 e. The Morgan fingerprint density at radius 1 is 1.00 bits per heavy atom. The van der Waals surface area contributed by atoms with Crippen LogP contribution in [-0.4, -0.2) is 36.3 Å². The van der Waals surface area contributed by atoms with Gasteiger partial charge < -0.3 is 10.1 Å². The van der Waals surface area contributed by atoms with Crippen molar-refractivity contribution in [2.45, 2.75) is 70.8 Å². The molecule has 0 aromatic heterocycles. The van der Waals surface area contributed by atoms with Gasteiger partial charge in [0.2, 0.25) is 0 Å². The summed E-state index contributed by atoms with van der Waals surface area (Å²) in [5.74, 6) is -1.07. The Morgan fingerprint density at radius 2 is 1.77 bits per heavy atom. The number of Topliss-reactive ketones (excluding diaryl/α,β-unsaturated/α-hetero) is 1. The van der Waals surface area contributed by atoms with Crippen molar-refractivity contribution in [3.8, 4) is 0 Å². The van der Waals surface area contributed by atoms with Gasteiger partial charge in [-0.05, 0) is 55.2 Å². The maximum absolute atomic E-state index is 12.3. The van der Waals surface area contributed by atoms with E-state index < -0.39 is 24.5 Å². The van der Waals surface area contributed by atoms with E-state index in [9.17, 15) is 19.2 Å². The number of hydrogen-bond donors (Lipinski definition) is 2. The normalized spacial score (nSPS) is 20.2. The highest BCUT2D eigenvalue weighted by Crippen LogP contribution is 2.24. The molecule has 0 heterocycles. The van der Waals surface area contributed by atoms with Crippen LogP contribution in [0.1, 0.15) is 73.4 Å². The number of ketones is 1. The van der Waals surface area contributed by atoms with Crippen LogP contribution in [0, 0.1) is 5.92 Å². The summed E-state index contributed by atoms with van der Waals surface area (Å²) < 4.78 is 4.89. The lowest BCUT2D eigenvalue weighted by Gasteiger charge is -2.29. The minimum absolute atomic E-state index is 0.0271. The summed E-state index contributed by atoms with van der Waals surface area (Å²) in [6.07, 6.45) is 7.25. The number of carbonyl (C=O) groups is 4. The number of esters is 1. The molecule has 162 valence electrons. The number of benzene rings is 1. The summed E-state index contributed by atoms with van der Waals surface area (Å²) in [5, 5.41) is 4.99. The second-order valence-electron chi connectivity index (χ2n) is 8.31. The highest BCUT2D eigenvalue weighted by atomic mass is 16.5. The molecule has 30 heavy (non-hydrogen) atoms. The van der Waals surface area contributed by atoms with Gasteiger partial charge in [0.05, 0.1) is 6.42 Å². The number of hydrogen-bond acceptors (Lipinski definition) is 5. The summed E-state index contributed by atoms with van der Waals surface area (Å²) in [7, 11) is 0. The average Bonchev–Trinajstić information content (AvgIpc) is 3.20. The molecule has 0 aliphatic heterocycles. The zero-order chi connectivity index (χ0) is 21.5. The molecule has 0 bridgehead atoms. The lowest BCUT2D eigenvalue weighted by atomic mass is 9.86. The molecule has 1 aromatic carbocycles. The Labute approximate surface area is 176 Å². The number of amides is 3. The predicted octanol–water partition coefficient (Wildman–Crippen LogP) is 3.09. The van der Waals surface area contributed by atoms with Crippen LogP contribution in [0.3, 0.4) is 0 Å². The Balaban J connectivity index is 1.34. The van der Waals surface area contributed by atoms with Crippen molar-refractivity contribution in [2.75, 3.05) is 6.61 Å². The molecule has 2 atom stereocenters. The van der Waals surface area contributed by atoms with Crippen molar-refractivity contribution in [3.05, 3.63) is 34.9 Å². The van der Waals surface area contributed by atoms with Gasteiger partial charge in [-0.3, -0.25) is 19.7 Å². The average molecular weight is 415 g/mol. The van der Waals surface area contributed by atoms with E-state index in [1.807, 2.05) is 12.1 Å². The van der Waals surface area contributed by atoms with Crippen LogP contribution in [0.15, 0.2) is 18.2 Å². The molecule has 2 aliphatic carbocycles. The Bertz CT molecular complexity index is 820. The number of ether oxygens (including phenoxy) is 1. The van der Waals surface area contributed by atoms with Crippen molar-refractivity contribution < 1.29 is 23.9 Å². The van der Waals surface area contributed by atoms with Crippen LogP contribution in [0.4, 0.5) is 4.79 Å². The number of nitrogens with one attached hydrogen (secondary N) is 2. The van der Waals surface area contributed by atoms with Gasteiger partial charge in [0, 0.05) is 18.0 Å². The molecule has 0 saturated heterocycles. The van der Waals surface area contributed by atoms with E-state index in [2.05, 4.69) is 17.6 Å². The van der Waals surface area contributed by atoms with Crippen LogP contribution in [0.2, 0.25) is 0 Å². The maximum Gasteiger partial charge on any atom is 0.321 e. The van der Waals surface area contributed by atoms with Crippen molar-refractivity contribution in [1.29, 1.82) is 0 Å². The summed E-state index contributed by atoms with van der Waals surface area (Å²) in [6.45, 7) is 1.54. The van der Waals surface area contributed by atoms with E-state index in [1.54, 1.807) is 6.07 Å². The first-order valence-electron chi connectivity index (χ1n) is 10.8. The maximum atomic E-state index is 12.3. The lowest BCUT2D eigenvalue weighted by molar-refractivity contribution is -0.148. The monoisotopic (exact) mass is 414 g/mol. The first kappa shape index (κ1) is 22.0. The molecule has 0 radical (unpaired) electrons. The number of imide groups is 1. The third kappa shape index (κ3) is 6.15. The topological polar surface area (TPSA) is 102 Å². The molecule has 0 spiro atoms. The summed E-state index contributed by atoms with van der Waals surface area (Å²) in [6, 6.07) is 5.18. The summed E-state index contributed by atoms with van der Waals surface area (Å²) >= 11 is 0. The van der Waals surface area contributed by atoms with Gasteiger partial charge in [0.1, 0.15) is 0 Å². The van der Waals surface area contributed by atoms with Gasteiger partial charge in [-0.1, -0.05) is 31.9 Å². The molecule has 2 aliphatic rings. The molecule has 1 aromatic rings. The van der Waals surface area contributed by atoms with Gasteiger partial charge in [-0.25, -0.2) is 4.79 Å². The number of fused-ring (bicyclic) bond motifs is 1. The van der Waals surface area contributed by atoms with Gasteiger partial charge in [-0.15, -0.1) is 0 Å². The van der Waals surface area contributed by atoms with Crippen LogP contribution >= 0.6 is 0 Å². The molecule has 3 rings (SSSR count). The first-order valence-corrected chi connectivity index (χ1v) is 10.8. The molecular weight excluding hydrogens is 384 g/mol. The minimum Gasteiger partial charge on any atom is -0.456 e. The molecule has 7 nitrogen and oxygen atoms in total. The van der Waals surface area contributed by atoms with Gasteiger partial charge >= 0.3 is 12.0 Å². The molecule has 2 N–H and O–H groups in total. The van der Waals surface area contributed by atoms with E-state index in [0.717, 1.165) is 44.9 Å². The fourth-order valence-electron chi connectivity index (χ4n) is 4.22. The van der Waals surface area contributed by atoms with Crippen molar-refractivity contribution in [1.82, 2.24) is 10.6 Å². The largest absolute Gasteiger partial charge is 0.456 e. The van der Waals surface area contributed by atoms with Crippen molar-refractivity contribution >= 4 is 23.7 Å². The quantitative estimate of drug-likeness (QED) is 0.527. The predicted molar refractivity (Wildman–Crippen MR) is 111 cm³/mol. The third-order valence-corrected chi connectivity index (χ3v) is 6.02. The highest BCUT2D eigenvalue weighted by molar-refractivity contribution is 5.98. The van der Waals surface area contributed by atoms with Gasteiger partial charge in [-0.2, -0.15) is 0 Å². The van der Waals surface area contributed by atoms with E-state index in [0.29, 0.717) is 11.5 Å². The standard InChI is InChI=1S/C23H30N2O5/c1-15-5-2-3-8-19(15)24-23(29)25-21(27)14-30-22(28)12-11-20(26)18-10-9-16-6-4-7-17(16)13-18/h9-10,13,15,19H,2-8,11-12,14H2,1H3,(H2,24,25,27,29)/t15-,19-/m1/s1. The summed E-state index contributed by atoms with van der Waals surface area (Å²) in [4.78, 5) is 47.9. The fourth-order valence-corrected chi connectivity index (χ4v) is 4.22. The van der Waals surface area contributed by atoms with Crippen LogP contribution in [-0.2, 0) is 27.2 Å². The Hall–Kier alpha value is -2.70. The van der Waals surface area contributed by atoms with E-state index in [4.69, 9.17) is 4.74 Å². The SMILES string of the molecule is C[C@@H]1CCCC[C@H]1NC(=O)NC(=O)COC(=O)CCC(=O)c1ccc2c(c1)CCC2. The molecule has 7 heteroatoms. The molecule has 0 unspecified atom stereocenters. The zero-order valence-electron chi connectivity index (χ0n) is 17.5. The number of carbonyl (C=O) groups excluding carboxylic acids is 4. The second-order valence-corrected chi connectivity index (χ2v) is 8.31. The third-order valence-electron chi connectivity index (χ3n) is 6.02. The first-order chi connectivity index (χ1) is 14.4. The fraction of sp³-hybridized carbons (Fsp3) is 0.565. The Morgan fingerprint density at radius 3 is 2.57 bits per heavy atom. The minimum atomic E-state index is -0.686. The molecule has 1 fully saturated rings. The van der Waals surface area contributed by atoms with Crippen LogP contribution < -0.4 is 10.6 Å². The molecular formula is C23H30N2O5. The van der Waals surface area contributed by atoms with Gasteiger partial charge in [0.25, 0.3) is 5.91 Å². The van der Waals surface area contributed by atoms with E-state index in [-0.39, 0.29) is 24.7 Å².